The van der Waals surface area contributed by atoms with Gasteiger partial charge in [-0.3, -0.25) is 9.59 Å². The van der Waals surface area contributed by atoms with Crippen molar-refractivity contribution in [2.75, 3.05) is 30.0 Å². The first-order valence-electron chi connectivity index (χ1n) is 9.67. The van der Waals surface area contributed by atoms with Crippen LogP contribution in [0.4, 0.5) is 11.4 Å². The Kier molecular flexibility index (Phi) is 6.84. The van der Waals surface area contributed by atoms with E-state index in [0.29, 0.717) is 29.3 Å². The minimum Gasteiger partial charge on any atom is -0.482 e. The van der Waals surface area contributed by atoms with E-state index >= 15 is 0 Å². The number of hydrogen-bond acceptors (Lipinski definition) is 5. The quantitative estimate of drug-likeness (QED) is 0.546. The molecule has 29 heavy (non-hydrogen) atoms. The Morgan fingerprint density at radius 3 is 2.83 bits per heavy atom. The van der Waals surface area contributed by atoms with Crippen molar-refractivity contribution in [3.63, 3.8) is 0 Å². The zero-order valence-electron chi connectivity index (χ0n) is 16.3. The summed E-state index contributed by atoms with van der Waals surface area (Å²) in [6.45, 7) is 2.60. The number of ether oxygens (including phenoxy) is 2. The largest absolute Gasteiger partial charge is 0.482 e. The average molecular weight is 396 g/mol. The molecule has 0 saturated heterocycles. The highest BCUT2D eigenvalue weighted by molar-refractivity contribution is 5.99. The van der Waals surface area contributed by atoms with E-state index in [1.807, 2.05) is 19.1 Å². The van der Waals surface area contributed by atoms with Crippen LogP contribution in [0.5, 0.6) is 5.75 Å². The van der Waals surface area contributed by atoms with E-state index in [9.17, 15) is 14.4 Å². The van der Waals surface area contributed by atoms with Crippen LogP contribution in [0.3, 0.4) is 0 Å². The molecule has 0 radical (unpaired) electrons. The van der Waals surface area contributed by atoms with Gasteiger partial charge in [-0.2, -0.15) is 0 Å². The number of para-hydroxylation sites is 2. The number of carbonyl (C=O) groups is 3. The number of benzene rings is 2. The third-order valence-corrected chi connectivity index (χ3v) is 4.48. The van der Waals surface area contributed by atoms with E-state index in [0.717, 1.165) is 12.8 Å². The smallest absolute Gasteiger partial charge is 0.338 e. The second kappa shape index (κ2) is 9.73. The molecule has 7 heteroatoms. The standard InChI is InChI=1S/C22H24N2O5/c1-2-3-13-28-22(27)16-7-6-8-17(14-16)23-20(25)11-12-24-18-9-4-5-10-19(18)29-15-21(24)26/h4-10,14H,2-3,11-13,15H2,1H3,(H,23,25). The minimum absolute atomic E-state index is 0.0409. The predicted octanol–water partition coefficient (Wildman–Crippen LogP) is 3.40. The number of rotatable bonds is 8. The van der Waals surface area contributed by atoms with Gasteiger partial charge in [-0.1, -0.05) is 31.5 Å². The molecule has 1 N–H and O–H groups in total. The van der Waals surface area contributed by atoms with Gasteiger partial charge in [0.1, 0.15) is 5.75 Å². The zero-order chi connectivity index (χ0) is 20.6. The Balaban J connectivity index is 1.57. The van der Waals surface area contributed by atoms with Gasteiger partial charge < -0.3 is 19.7 Å². The van der Waals surface area contributed by atoms with Crippen LogP contribution in [0.1, 0.15) is 36.5 Å². The Hall–Kier alpha value is -3.35. The van der Waals surface area contributed by atoms with Crippen molar-refractivity contribution in [2.45, 2.75) is 26.2 Å². The van der Waals surface area contributed by atoms with Crippen molar-refractivity contribution in [3.8, 4) is 5.75 Å². The second-order valence-corrected chi connectivity index (χ2v) is 6.67. The summed E-state index contributed by atoms with van der Waals surface area (Å²) >= 11 is 0. The number of unbranched alkanes of at least 4 members (excludes halogenated alkanes) is 1. The molecular weight excluding hydrogens is 372 g/mol. The molecule has 0 spiro atoms. The molecule has 0 bridgehead atoms. The number of nitrogens with zero attached hydrogens (tertiary/aromatic N) is 1. The Bertz CT molecular complexity index is 896. The SMILES string of the molecule is CCCCOC(=O)c1cccc(NC(=O)CCN2C(=O)COc3ccccc32)c1. The zero-order valence-corrected chi connectivity index (χ0v) is 16.3. The van der Waals surface area contributed by atoms with Crippen molar-refractivity contribution in [3.05, 3.63) is 54.1 Å². The summed E-state index contributed by atoms with van der Waals surface area (Å²) in [6, 6.07) is 13.9. The van der Waals surface area contributed by atoms with Gasteiger partial charge in [0, 0.05) is 18.7 Å². The van der Waals surface area contributed by atoms with E-state index in [4.69, 9.17) is 9.47 Å². The highest BCUT2D eigenvalue weighted by Crippen LogP contribution is 2.31. The van der Waals surface area contributed by atoms with Crippen LogP contribution in [0.2, 0.25) is 0 Å². The fourth-order valence-corrected chi connectivity index (χ4v) is 2.95. The molecule has 0 unspecified atom stereocenters. The Morgan fingerprint density at radius 2 is 2.00 bits per heavy atom. The summed E-state index contributed by atoms with van der Waals surface area (Å²) in [5.41, 5.74) is 1.55. The molecule has 0 aliphatic carbocycles. The summed E-state index contributed by atoms with van der Waals surface area (Å²) in [6.07, 6.45) is 1.87. The predicted molar refractivity (Wildman–Crippen MR) is 109 cm³/mol. The number of amides is 2. The minimum atomic E-state index is -0.412. The van der Waals surface area contributed by atoms with E-state index in [1.165, 1.54) is 0 Å². The van der Waals surface area contributed by atoms with Crippen molar-refractivity contribution in [1.82, 2.24) is 0 Å². The van der Waals surface area contributed by atoms with Crippen molar-refractivity contribution in [2.24, 2.45) is 0 Å². The normalized spacial score (nSPS) is 12.7. The van der Waals surface area contributed by atoms with Crippen LogP contribution in [-0.4, -0.2) is 37.5 Å². The van der Waals surface area contributed by atoms with Gasteiger partial charge >= 0.3 is 5.97 Å². The Morgan fingerprint density at radius 1 is 1.17 bits per heavy atom. The molecule has 2 amide bonds. The molecule has 0 saturated carbocycles. The lowest BCUT2D eigenvalue weighted by Gasteiger charge is -2.29. The van der Waals surface area contributed by atoms with Gasteiger partial charge in [0.2, 0.25) is 5.91 Å². The van der Waals surface area contributed by atoms with Gasteiger partial charge in [0.15, 0.2) is 6.61 Å². The van der Waals surface area contributed by atoms with Crippen LogP contribution >= 0.6 is 0 Å². The molecule has 2 aromatic carbocycles. The molecule has 1 aliphatic rings. The monoisotopic (exact) mass is 396 g/mol. The van der Waals surface area contributed by atoms with Crippen LogP contribution < -0.4 is 15.0 Å². The van der Waals surface area contributed by atoms with Gasteiger partial charge in [-0.25, -0.2) is 4.79 Å². The average Bonchev–Trinajstić information content (AvgIpc) is 2.73. The number of esters is 1. The topological polar surface area (TPSA) is 84.9 Å². The van der Waals surface area contributed by atoms with E-state index in [2.05, 4.69) is 5.32 Å². The van der Waals surface area contributed by atoms with Gasteiger partial charge in [-0.05, 0) is 36.8 Å². The lowest BCUT2D eigenvalue weighted by atomic mass is 10.2. The highest BCUT2D eigenvalue weighted by Gasteiger charge is 2.25. The molecule has 1 aliphatic heterocycles. The molecule has 7 nitrogen and oxygen atoms in total. The van der Waals surface area contributed by atoms with Crippen molar-refractivity contribution in [1.29, 1.82) is 0 Å². The first kappa shape index (κ1) is 20.4. The molecule has 152 valence electrons. The number of nitrogens with one attached hydrogen (secondary N) is 1. The number of fused-ring (bicyclic) bond motifs is 1. The molecule has 1 heterocycles. The first-order chi connectivity index (χ1) is 14.1. The lowest BCUT2D eigenvalue weighted by molar-refractivity contribution is -0.121. The van der Waals surface area contributed by atoms with Crippen LogP contribution in [0.15, 0.2) is 48.5 Å². The lowest BCUT2D eigenvalue weighted by Crippen LogP contribution is -2.40. The first-order valence-corrected chi connectivity index (χ1v) is 9.67. The van der Waals surface area contributed by atoms with Crippen LogP contribution in [-0.2, 0) is 14.3 Å². The molecule has 0 atom stereocenters. The number of anilines is 2. The summed E-state index contributed by atoms with van der Waals surface area (Å²) in [7, 11) is 0. The van der Waals surface area contributed by atoms with Gasteiger partial charge in [0.05, 0.1) is 17.9 Å². The van der Waals surface area contributed by atoms with Gasteiger partial charge in [0.25, 0.3) is 5.91 Å². The number of carbonyl (C=O) groups excluding carboxylic acids is 3. The number of hydrogen-bond donors (Lipinski definition) is 1. The summed E-state index contributed by atoms with van der Waals surface area (Å²) < 4.78 is 10.6. The molecule has 3 rings (SSSR count). The highest BCUT2D eigenvalue weighted by atomic mass is 16.5. The Labute approximate surface area is 169 Å². The van der Waals surface area contributed by atoms with E-state index in [1.54, 1.807) is 41.3 Å². The van der Waals surface area contributed by atoms with Crippen LogP contribution in [0, 0.1) is 0 Å². The molecule has 0 fully saturated rings. The van der Waals surface area contributed by atoms with Crippen molar-refractivity contribution < 1.29 is 23.9 Å². The van der Waals surface area contributed by atoms with Crippen molar-refractivity contribution >= 4 is 29.2 Å². The molecule has 0 aromatic heterocycles. The van der Waals surface area contributed by atoms with Gasteiger partial charge in [-0.15, -0.1) is 0 Å². The molecule has 2 aromatic rings. The second-order valence-electron chi connectivity index (χ2n) is 6.67. The van der Waals surface area contributed by atoms with Crippen LogP contribution in [0.25, 0.3) is 0 Å². The van der Waals surface area contributed by atoms with E-state index in [-0.39, 0.29) is 31.4 Å². The maximum Gasteiger partial charge on any atom is 0.338 e. The maximum absolute atomic E-state index is 12.4. The molecular formula is C22H24N2O5. The third kappa shape index (κ3) is 5.34. The van der Waals surface area contributed by atoms with E-state index < -0.39 is 5.97 Å². The fourth-order valence-electron chi connectivity index (χ4n) is 2.95. The maximum atomic E-state index is 12.4. The fraction of sp³-hybridized carbons (Fsp3) is 0.318. The summed E-state index contributed by atoms with van der Waals surface area (Å²) in [5.74, 6) is -0.224. The summed E-state index contributed by atoms with van der Waals surface area (Å²) in [5, 5.41) is 2.77. The third-order valence-electron chi connectivity index (χ3n) is 4.48. The summed E-state index contributed by atoms with van der Waals surface area (Å²) in [4.78, 5) is 38.1.